The molecule has 0 aromatic heterocycles. The number of allylic oxidation sites excluding steroid dienone is 1. The molecule has 1 aliphatic carbocycles. The Morgan fingerprint density at radius 2 is 2.25 bits per heavy atom. The van der Waals surface area contributed by atoms with E-state index in [0.717, 1.165) is 18.9 Å². The van der Waals surface area contributed by atoms with Crippen LogP contribution in [0.2, 0.25) is 0 Å². The highest BCUT2D eigenvalue weighted by atomic mass is 14.5. The van der Waals surface area contributed by atoms with E-state index >= 15 is 0 Å². The summed E-state index contributed by atoms with van der Waals surface area (Å²) in [6.45, 7) is 9.61. The Morgan fingerprint density at radius 3 is 2.83 bits per heavy atom. The van der Waals surface area contributed by atoms with Crippen molar-refractivity contribution in [3.63, 3.8) is 0 Å². The van der Waals surface area contributed by atoms with Crippen molar-refractivity contribution in [3.05, 3.63) is 12.2 Å². The van der Waals surface area contributed by atoms with E-state index in [1.807, 2.05) is 0 Å². The van der Waals surface area contributed by atoms with Crippen molar-refractivity contribution < 1.29 is 0 Å². The first-order valence-corrected chi connectivity index (χ1v) is 4.93. The van der Waals surface area contributed by atoms with Gasteiger partial charge in [0.25, 0.3) is 0 Å². The minimum absolute atomic E-state index is 0.487. The van der Waals surface area contributed by atoms with Crippen LogP contribution in [0, 0.1) is 11.3 Å². The lowest BCUT2D eigenvalue weighted by molar-refractivity contribution is 0.159. The molecular weight excluding hydrogens is 146 g/mol. The van der Waals surface area contributed by atoms with Crippen LogP contribution in [0.1, 0.15) is 39.5 Å². The van der Waals surface area contributed by atoms with Crippen molar-refractivity contribution in [1.29, 1.82) is 0 Å². The summed E-state index contributed by atoms with van der Waals surface area (Å²) in [5, 5.41) is 0. The van der Waals surface area contributed by atoms with E-state index in [1.165, 1.54) is 24.8 Å². The predicted molar refractivity (Wildman–Crippen MR) is 53.9 cm³/mol. The fraction of sp³-hybridized carbons (Fsp3) is 0.818. The molecule has 1 aliphatic rings. The van der Waals surface area contributed by atoms with E-state index in [1.54, 1.807) is 0 Å². The highest BCUT2D eigenvalue weighted by Crippen LogP contribution is 2.43. The molecule has 0 saturated heterocycles. The van der Waals surface area contributed by atoms with Gasteiger partial charge in [-0.1, -0.05) is 26.0 Å². The van der Waals surface area contributed by atoms with Gasteiger partial charge < -0.3 is 5.73 Å². The molecule has 1 fully saturated rings. The Labute approximate surface area is 76.0 Å². The number of nitrogens with two attached hydrogens (primary N) is 1. The third kappa shape index (κ3) is 2.10. The summed E-state index contributed by atoms with van der Waals surface area (Å²) in [5.41, 5.74) is 7.51. The highest BCUT2D eigenvalue weighted by molar-refractivity contribution is 5.04. The Morgan fingerprint density at radius 1 is 1.58 bits per heavy atom. The van der Waals surface area contributed by atoms with Crippen LogP contribution in [0.15, 0.2) is 12.2 Å². The summed E-state index contributed by atoms with van der Waals surface area (Å²) in [6, 6.07) is 0. The fourth-order valence-corrected chi connectivity index (χ4v) is 2.12. The molecule has 1 atom stereocenters. The van der Waals surface area contributed by atoms with Gasteiger partial charge in [-0.25, -0.2) is 0 Å². The summed E-state index contributed by atoms with van der Waals surface area (Å²) < 4.78 is 0. The minimum atomic E-state index is 0.487. The molecule has 1 unspecified atom stereocenters. The number of hydrogen-bond acceptors (Lipinski definition) is 1. The van der Waals surface area contributed by atoms with Crippen molar-refractivity contribution in [2.24, 2.45) is 17.1 Å². The van der Waals surface area contributed by atoms with Crippen LogP contribution in [-0.2, 0) is 0 Å². The Balaban J connectivity index is 2.58. The zero-order valence-electron chi connectivity index (χ0n) is 8.40. The van der Waals surface area contributed by atoms with E-state index in [2.05, 4.69) is 20.4 Å². The fourth-order valence-electron chi connectivity index (χ4n) is 2.12. The second-order valence-corrected chi connectivity index (χ2v) is 4.72. The quantitative estimate of drug-likeness (QED) is 0.629. The highest BCUT2D eigenvalue weighted by Gasteiger charge is 2.32. The van der Waals surface area contributed by atoms with Crippen LogP contribution in [0.4, 0.5) is 0 Å². The second-order valence-electron chi connectivity index (χ2n) is 4.72. The van der Waals surface area contributed by atoms with Crippen molar-refractivity contribution in [2.75, 3.05) is 6.54 Å². The average molecular weight is 167 g/mol. The van der Waals surface area contributed by atoms with Gasteiger partial charge in [-0.2, -0.15) is 0 Å². The van der Waals surface area contributed by atoms with E-state index in [9.17, 15) is 0 Å². The lowest BCUT2D eigenvalue weighted by atomic mass is 9.66. The van der Waals surface area contributed by atoms with Gasteiger partial charge in [0.05, 0.1) is 0 Å². The SMILES string of the molecule is C=C1CCC(C)(C)C(CCN)C1. The molecular formula is C11H21N. The molecule has 0 radical (unpaired) electrons. The number of hydrogen-bond donors (Lipinski definition) is 1. The van der Waals surface area contributed by atoms with Gasteiger partial charge in [-0.3, -0.25) is 0 Å². The first kappa shape index (κ1) is 9.79. The third-order valence-corrected chi connectivity index (χ3v) is 3.28. The average Bonchev–Trinajstić information content (AvgIpc) is 1.98. The molecule has 0 bridgehead atoms. The van der Waals surface area contributed by atoms with Crippen LogP contribution < -0.4 is 5.73 Å². The van der Waals surface area contributed by atoms with Crippen molar-refractivity contribution in [1.82, 2.24) is 0 Å². The molecule has 0 aromatic rings. The van der Waals surface area contributed by atoms with Gasteiger partial charge in [-0.15, -0.1) is 0 Å². The Kier molecular flexibility index (Phi) is 2.94. The molecule has 1 saturated carbocycles. The van der Waals surface area contributed by atoms with Crippen LogP contribution in [0.3, 0.4) is 0 Å². The molecule has 1 heteroatoms. The smallest absolute Gasteiger partial charge is 0.00743 e. The molecule has 12 heavy (non-hydrogen) atoms. The van der Waals surface area contributed by atoms with Gasteiger partial charge in [0.2, 0.25) is 0 Å². The third-order valence-electron chi connectivity index (χ3n) is 3.28. The van der Waals surface area contributed by atoms with Crippen LogP contribution in [0.5, 0.6) is 0 Å². The molecule has 70 valence electrons. The maximum Gasteiger partial charge on any atom is -0.00743 e. The Bertz CT molecular complexity index is 170. The van der Waals surface area contributed by atoms with Crippen LogP contribution in [0.25, 0.3) is 0 Å². The molecule has 1 rings (SSSR count). The summed E-state index contributed by atoms with van der Waals surface area (Å²) in [5.74, 6) is 0.767. The first-order chi connectivity index (χ1) is 5.56. The van der Waals surface area contributed by atoms with E-state index in [4.69, 9.17) is 5.73 Å². The lowest BCUT2D eigenvalue weighted by Crippen LogP contribution is -2.30. The molecule has 0 amide bonds. The molecule has 0 aliphatic heterocycles. The normalized spacial score (nSPS) is 28.9. The summed E-state index contributed by atoms with van der Waals surface area (Å²) >= 11 is 0. The summed E-state index contributed by atoms with van der Waals surface area (Å²) in [4.78, 5) is 0. The zero-order chi connectivity index (χ0) is 9.19. The largest absolute Gasteiger partial charge is 0.330 e. The van der Waals surface area contributed by atoms with E-state index < -0.39 is 0 Å². The second kappa shape index (κ2) is 3.61. The molecule has 2 N–H and O–H groups in total. The molecule has 1 nitrogen and oxygen atoms in total. The van der Waals surface area contributed by atoms with Crippen molar-refractivity contribution in [3.8, 4) is 0 Å². The van der Waals surface area contributed by atoms with Gasteiger partial charge in [0.15, 0.2) is 0 Å². The lowest BCUT2D eigenvalue weighted by Gasteiger charge is -2.39. The van der Waals surface area contributed by atoms with Crippen molar-refractivity contribution >= 4 is 0 Å². The number of rotatable bonds is 2. The minimum Gasteiger partial charge on any atom is -0.330 e. The van der Waals surface area contributed by atoms with Crippen LogP contribution >= 0.6 is 0 Å². The zero-order valence-corrected chi connectivity index (χ0v) is 8.40. The summed E-state index contributed by atoms with van der Waals surface area (Å²) in [6.07, 6.45) is 4.86. The maximum atomic E-state index is 5.60. The van der Waals surface area contributed by atoms with Gasteiger partial charge in [0.1, 0.15) is 0 Å². The van der Waals surface area contributed by atoms with Gasteiger partial charge >= 0.3 is 0 Å². The molecule has 0 heterocycles. The topological polar surface area (TPSA) is 26.0 Å². The standard InChI is InChI=1S/C11H21N/c1-9-4-6-11(2,3)10(8-9)5-7-12/h10H,1,4-8,12H2,2-3H3. The van der Waals surface area contributed by atoms with E-state index in [-0.39, 0.29) is 0 Å². The molecule has 0 spiro atoms. The molecule has 0 aromatic carbocycles. The maximum absolute atomic E-state index is 5.60. The Hall–Kier alpha value is -0.300. The van der Waals surface area contributed by atoms with Crippen LogP contribution in [-0.4, -0.2) is 6.54 Å². The van der Waals surface area contributed by atoms with E-state index in [0.29, 0.717) is 5.41 Å². The van der Waals surface area contributed by atoms with Gasteiger partial charge in [0, 0.05) is 0 Å². The predicted octanol–water partition coefficient (Wildman–Crippen LogP) is 2.72. The van der Waals surface area contributed by atoms with Crippen molar-refractivity contribution in [2.45, 2.75) is 39.5 Å². The first-order valence-electron chi connectivity index (χ1n) is 4.93. The summed E-state index contributed by atoms with van der Waals surface area (Å²) in [7, 11) is 0. The monoisotopic (exact) mass is 167 g/mol. The van der Waals surface area contributed by atoms with Gasteiger partial charge in [-0.05, 0) is 43.6 Å².